The summed E-state index contributed by atoms with van der Waals surface area (Å²) in [4.78, 5) is 9.80. The lowest BCUT2D eigenvalue weighted by Gasteiger charge is -2.24. The van der Waals surface area contributed by atoms with Gasteiger partial charge in [0, 0.05) is 7.11 Å². The van der Waals surface area contributed by atoms with Crippen molar-refractivity contribution < 1.29 is 27.7 Å². The van der Waals surface area contributed by atoms with Crippen molar-refractivity contribution in [1.82, 2.24) is 0 Å². The van der Waals surface area contributed by atoms with Crippen LogP contribution in [0.15, 0.2) is 0 Å². The quantitative estimate of drug-likeness (QED) is 0.103. The number of hydrogen-bond acceptors (Lipinski definition) is 4. The summed E-state index contributed by atoms with van der Waals surface area (Å²) in [5, 5.41) is 0. The Hall–Kier alpha value is 0.0300. The largest absolute Gasteiger partial charge is 0.472 e. The summed E-state index contributed by atoms with van der Waals surface area (Å²) in [6, 6.07) is 0. The summed E-state index contributed by atoms with van der Waals surface area (Å²) in [5.41, 5.74) is 0. The number of methoxy groups -OCH3 is 1. The minimum absolute atomic E-state index is 0.0904. The number of likely N-dealkylation sites (N-methyl/N-ethyl adjacent to an activating group) is 1. The van der Waals surface area contributed by atoms with Gasteiger partial charge < -0.3 is 14.1 Å². The van der Waals surface area contributed by atoms with Crippen molar-refractivity contribution in [3.63, 3.8) is 0 Å². The fourth-order valence-electron chi connectivity index (χ4n) is 3.48. The monoisotopic (exact) mass is 466 g/mol. The van der Waals surface area contributed by atoms with Crippen molar-refractivity contribution in [2.45, 2.75) is 109 Å². The molecule has 1 unspecified atom stereocenters. The summed E-state index contributed by atoms with van der Waals surface area (Å²) in [7, 11) is 3.63. The number of ether oxygens (including phenoxy) is 1. The number of phosphoric ester groups is 1. The number of rotatable bonds is 23. The molecule has 0 aromatic carbocycles. The first-order valence-electron chi connectivity index (χ1n) is 12.7. The highest BCUT2D eigenvalue weighted by Gasteiger charge is 2.24. The highest BCUT2D eigenvalue weighted by atomic mass is 31.2. The zero-order valence-corrected chi connectivity index (χ0v) is 22.2. The number of phosphoric acid groups is 1. The first-order chi connectivity index (χ1) is 14.7. The third-order valence-corrected chi connectivity index (χ3v) is 6.64. The van der Waals surface area contributed by atoms with Crippen LogP contribution < -0.4 is 0 Å². The number of nitrogens with zero attached hydrogens (tertiary/aromatic N) is 1. The van der Waals surface area contributed by atoms with Crippen molar-refractivity contribution in [3.8, 4) is 0 Å². The van der Waals surface area contributed by atoms with Crippen molar-refractivity contribution in [2.75, 3.05) is 48.0 Å². The van der Waals surface area contributed by atoms with E-state index in [9.17, 15) is 9.46 Å². The molecule has 0 amide bonds. The summed E-state index contributed by atoms with van der Waals surface area (Å²) >= 11 is 0. The number of quaternary nitrogens is 1. The SMILES string of the molecule is CCCCCCCCCCCCCCCC[C@@H](COP(=O)(O)OCC[N+](C)(C)C)OC. The molecule has 0 aliphatic heterocycles. The Balaban J connectivity index is 3.59. The highest BCUT2D eigenvalue weighted by molar-refractivity contribution is 7.47. The van der Waals surface area contributed by atoms with Crippen LogP contribution in [-0.2, 0) is 18.3 Å². The van der Waals surface area contributed by atoms with Gasteiger partial charge in [0.15, 0.2) is 0 Å². The van der Waals surface area contributed by atoms with Crippen molar-refractivity contribution in [3.05, 3.63) is 0 Å². The van der Waals surface area contributed by atoms with Crippen LogP contribution in [0.3, 0.4) is 0 Å². The Morgan fingerprint density at radius 3 is 1.65 bits per heavy atom. The third-order valence-electron chi connectivity index (χ3n) is 5.65. The molecule has 0 heterocycles. The average Bonchev–Trinajstić information content (AvgIpc) is 2.69. The maximum atomic E-state index is 12.0. The number of unbranched alkanes of at least 4 members (excludes halogenated alkanes) is 13. The summed E-state index contributed by atoms with van der Waals surface area (Å²) in [6.07, 6.45) is 19.3. The van der Waals surface area contributed by atoms with E-state index in [1.54, 1.807) is 7.11 Å². The van der Waals surface area contributed by atoms with Gasteiger partial charge in [-0.25, -0.2) is 4.57 Å². The predicted octanol–water partition coefficient (Wildman–Crippen LogP) is 6.71. The topological polar surface area (TPSA) is 65.0 Å². The molecule has 0 saturated carbocycles. The normalized spacial score (nSPS) is 15.2. The van der Waals surface area contributed by atoms with Crippen LogP contribution in [0, 0.1) is 0 Å². The summed E-state index contributed by atoms with van der Waals surface area (Å²) in [6.45, 7) is 3.19. The second-order valence-corrected chi connectivity index (χ2v) is 11.3. The minimum atomic E-state index is -4.01. The fourth-order valence-corrected chi connectivity index (χ4v) is 4.22. The molecule has 0 aromatic heterocycles. The molecule has 0 aromatic rings. The van der Waals surface area contributed by atoms with E-state index in [2.05, 4.69) is 6.92 Å². The maximum absolute atomic E-state index is 12.0. The molecule has 1 N–H and O–H groups in total. The standard InChI is InChI=1S/C24H52NO5P/c1-6-7-8-9-10-11-12-13-14-15-16-17-18-19-20-24(28-5)23-30-31(26,27)29-22-21-25(2,3)4/h24H,6-23H2,1-5H3/p+1/t24-/m0/s1. The van der Waals surface area contributed by atoms with Crippen LogP contribution in [0.1, 0.15) is 103 Å². The van der Waals surface area contributed by atoms with Gasteiger partial charge in [0.1, 0.15) is 13.2 Å². The molecular weight excluding hydrogens is 413 g/mol. The Morgan fingerprint density at radius 2 is 1.23 bits per heavy atom. The van der Waals surface area contributed by atoms with Gasteiger partial charge in [-0.15, -0.1) is 0 Å². The van der Waals surface area contributed by atoms with E-state index in [0.29, 0.717) is 11.0 Å². The molecule has 0 bridgehead atoms. The smallest absolute Gasteiger partial charge is 0.379 e. The molecule has 0 spiro atoms. The predicted molar refractivity (Wildman–Crippen MR) is 130 cm³/mol. The molecule has 7 heteroatoms. The molecule has 0 aliphatic carbocycles. The first-order valence-corrected chi connectivity index (χ1v) is 14.1. The van der Waals surface area contributed by atoms with Gasteiger partial charge in [0.2, 0.25) is 0 Å². The maximum Gasteiger partial charge on any atom is 0.472 e. The van der Waals surface area contributed by atoms with E-state index in [-0.39, 0.29) is 19.3 Å². The van der Waals surface area contributed by atoms with Crippen molar-refractivity contribution >= 4 is 7.82 Å². The van der Waals surface area contributed by atoms with E-state index >= 15 is 0 Å². The van der Waals surface area contributed by atoms with E-state index in [0.717, 1.165) is 12.8 Å². The lowest BCUT2D eigenvalue weighted by atomic mass is 10.0. The van der Waals surface area contributed by atoms with Gasteiger partial charge in [-0.05, 0) is 6.42 Å². The molecule has 0 saturated heterocycles. The molecular formula is C24H53NO5P+. The van der Waals surface area contributed by atoms with Gasteiger partial charge >= 0.3 is 7.82 Å². The van der Waals surface area contributed by atoms with E-state index in [4.69, 9.17) is 13.8 Å². The minimum Gasteiger partial charge on any atom is -0.379 e. The summed E-state index contributed by atoms with van der Waals surface area (Å²) < 4.78 is 28.2. The van der Waals surface area contributed by atoms with Gasteiger partial charge in [-0.1, -0.05) is 96.8 Å². The Kier molecular flexibility index (Phi) is 19.5. The van der Waals surface area contributed by atoms with Crippen LogP contribution in [0.2, 0.25) is 0 Å². The first kappa shape index (κ1) is 31.0. The van der Waals surface area contributed by atoms with Crippen LogP contribution in [0.25, 0.3) is 0 Å². The Morgan fingerprint density at radius 1 is 0.774 bits per heavy atom. The Bertz CT molecular complexity index is 442. The zero-order chi connectivity index (χ0) is 23.4. The molecule has 0 fully saturated rings. The van der Waals surface area contributed by atoms with Crippen LogP contribution in [0.5, 0.6) is 0 Å². The second kappa shape index (κ2) is 19.5. The van der Waals surface area contributed by atoms with E-state index in [1.807, 2.05) is 21.1 Å². The second-order valence-electron chi connectivity index (χ2n) is 9.85. The molecule has 0 rings (SSSR count). The molecule has 6 nitrogen and oxygen atoms in total. The Labute approximate surface area is 193 Å². The zero-order valence-electron chi connectivity index (χ0n) is 21.3. The van der Waals surface area contributed by atoms with Crippen LogP contribution in [-0.4, -0.2) is 63.5 Å². The van der Waals surface area contributed by atoms with E-state index < -0.39 is 7.82 Å². The molecule has 0 aliphatic rings. The fraction of sp³-hybridized carbons (Fsp3) is 1.00. The van der Waals surface area contributed by atoms with Crippen LogP contribution >= 0.6 is 7.82 Å². The lowest BCUT2D eigenvalue weighted by Crippen LogP contribution is -2.37. The van der Waals surface area contributed by atoms with Gasteiger partial charge in [-0.2, -0.15) is 0 Å². The van der Waals surface area contributed by atoms with Gasteiger partial charge in [-0.3, -0.25) is 9.05 Å². The lowest BCUT2D eigenvalue weighted by molar-refractivity contribution is -0.870. The van der Waals surface area contributed by atoms with Crippen LogP contribution in [0.4, 0.5) is 0 Å². The van der Waals surface area contributed by atoms with Crippen molar-refractivity contribution in [1.29, 1.82) is 0 Å². The highest BCUT2D eigenvalue weighted by Crippen LogP contribution is 2.43. The van der Waals surface area contributed by atoms with Crippen molar-refractivity contribution in [2.24, 2.45) is 0 Å². The summed E-state index contributed by atoms with van der Waals surface area (Å²) in [5.74, 6) is 0. The number of hydrogen-bond donors (Lipinski definition) is 1. The van der Waals surface area contributed by atoms with Gasteiger partial charge in [0.25, 0.3) is 0 Å². The third kappa shape index (κ3) is 23.0. The molecule has 31 heavy (non-hydrogen) atoms. The molecule has 2 atom stereocenters. The molecule has 188 valence electrons. The van der Waals surface area contributed by atoms with E-state index in [1.165, 1.54) is 83.5 Å². The van der Waals surface area contributed by atoms with Gasteiger partial charge in [0.05, 0.1) is 33.9 Å². The average molecular weight is 467 g/mol. The molecule has 0 radical (unpaired) electrons.